The molecule has 1 fully saturated rings. The number of ether oxygens (including phenoxy) is 1. The van der Waals surface area contributed by atoms with E-state index in [9.17, 15) is 4.39 Å². The van der Waals surface area contributed by atoms with E-state index in [4.69, 9.17) is 9.84 Å². The molecule has 3 nitrogen and oxygen atoms in total. The third-order valence-electron chi connectivity index (χ3n) is 3.66. The van der Waals surface area contributed by atoms with Crippen LogP contribution in [-0.4, -0.2) is 23.4 Å². The quantitative estimate of drug-likeness (QED) is 0.646. The Balaban J connectivity index is 0.000000229. The molecule has 0 saturated heterocycles. The van der Waals surface area contributed by atoms with Crippen LogP contribution in [0.2, 0.25) is 0 Å². The van der Waals surface area contributed by atoms with Crippen LogP contribution in [0.25, 0.3) is 11.1 Å². The van der Waals surface area contributed by atoms with Crippen molar-refractivity contribution in [3.05, 3.63) is 48.3 Å². The number of hydrogen-bond donors (Lipinski definition) is 1. The summed E-state index contributed by atoms with van der Waals surface area (Å²) in [4.78, 5) is 3.89. The number of hydrogen-bond acceptors (Lipinski definition) is 4. The molecule has 0 bridgehead atoms. The average molecular weight is 331 g/mol. The van der Waals surface area contributed by atoms with Crippen molar-refractivity contribution in [1.29, 1.82) is 0 Å². The number of phenolic OH excluding ortho intramolecular Hbond substituents is 1. The van der Waals surface area contributed by atoms with Gasteiger partial charge in [-0.05, 0) is 66.9 Å². The van der Waals surface area contributed by atoms with E-state index in [1.807, 2.05) is 0 Å². The number of aliphatic imine (C=N–C) groups is 1. The zero-order chi connectivity index (χ0) is 16.7. The van der Waals surface area contributed by atoms with Crippen molar-refractivity contribution in [3.63, 3.8) is 0 Å². The van der Waals surface area contributed by atoms with Crippen molar-refractivity contribution in [1.82, 2.24) is 0 Å². The molecule has 2 aromatic carbocycles. The first-order valence-electron chi connectivity index (χ1n) is 7.34. The van der Waals surface area contributed by atoms with Crippen molar-refractivity contribution >= 4 is 17.4 Å². The monoisotopic (exact) mass is 331 g/mol. The van der Waals surface area contributed by atoms with Gasteiger partial charge in [0.1, 0.15) is 5.75 Å². The zero-order valence-electron chi connectivity index (χ0n) is 12.8. The first-order valence-corrected chi connectivity index (χ1v) is 7.75. The second kappa shape index (κ2) is 8.42. The van der Waals surface area contributed by atoms with Crippen molar-refractivity contribution < 1.29 is 14.2 Å². The Kier molecular flexibility index (Phi) is 6.27. The summed E-state index contributed by atoms with van der Waals surface area (Å²) in [6.07, 6.45) is 3.78. The minimum atomic E-state index is -0.395. The Hall–Kier alpha value is -2.23. The van der Waals surface area contributed by atoms with Gasteiger partial charge in [-0.15, -0.1) is 0 Å². The summed E-state index contributed by atoms with van der Waals surface area (Å²) in [7, 11) is 1.43. The lowest BCUT2D eigenvalue weighted by molar-refractivity contribution is 0.386. The lowest BCUT2D eigenvalue weighted by atomic mass is 9.94. The summed E-state index contributed by atoms with van der Waals surface area (Å²) in [5, 5.41) is 11.5. The van der Waals surface area contributed by atoms with E-state index in [2.05, 4.69) is 22.4 Å². The second-order valence-electron chi connectivity index (χ2n) is 5.20. The smallest absolute Gasteiger partial charge is 0.165 e. The van der Waals surface area contributed by atoms with Gasteiger partial charge in [-0.3, -0.25) is 0 Å². The van der Waals surface area contributed by atoms with E-state index in [1.54, 1.807) is 36.4 Å². The van der Waals surface area contributed by atoms with Crippen LogP contribution in [0.4, 0.5) is 4.39 Å². The highest BCUT2D eigenvalue weighted by Crippen LogP contribution is 2.26. The van der Waals surface area contributed by atoms with Crippen molar-refractivity contribution in [2.75, 3.05) is 7.11 Å². The van der Waals surface area contributed by atoms with Crippen LogP contribution in [-0.2, 0) is 0 Å². The minimum absolute atomic E-state index is 0.192. The minimum Gasteiger partial charge on any atom is -0.508 e. The molecular formula is C18H18FNO2S. The Labute approximate surface area is 140 Å². The Bertz CT molecular complexity index is 693. The van der Waals surface area contributed by atoms with Gasteiger partial charge in [0.05, 0.1) is 18.3 Å². The van der Waals surface area contributed by atoms with E-state index in [0.29, 0.717) is 6.04 Å². The van der Waals surface area contributed by atoms with Crippen LogP contribution >= 0.6 is 12.2 Å². The summed E-state index contributed by atoms with van der Waals surface area (Å²) in [5.41, 5.74) is 1.60. The third kappa shape index (κ3) is 4.88. The van der Waals surface area contributed by atoms with Gasteiger partial charge in [0, 0.05) is 0 Å². The van der Waals surface area contributed by atoms with Crippen molar-refractivity contribution in [3.8, 4) is 22.6 Å². The molecule has 1 saturated carbocycles. The molecule has 0 spiro atoms. The number of nitrogens with zero attached hydrogens (tertiary/aromatic N) is 1. The van der Waals surface area contributed by atoms with E-state index in [1.165, 1.54) is 32.4 Å². The van der Waals surface area contributed by atoms with E-state index in [0.717, 1.165) is 11.1 Å². The molecule has 0 unspecified atom stereocenters. The molecule has 0 aromatic heterocycles. The number of halogens is 1. The average Bonchev–Trinajstić information content (AvgIpc) is 2.52. The summed E-state index contributed by atoms with van der Waals surface area (Å²) in [6, 6.07) is 11.9. The van der Waals surface area contributed by atoms with Gasteiger partial charge in [0.15, 0.2) is 11.6 Å². The molecule has 0 atom stereocenters. The highest BCUT2D eigenvalue weighted by molar-refractivity contribution is 7.78. The third-order valence-corrected chi connectivity index (χ3v) is 3.77. The lowest BCUT2D eigenvalue weighted by Gasteiger charge is -2.18. The molecular weight excluding hydrogens is 313 g/mol. The van der Waals surface area contributed by atoms with Crippen LogP contribution < -0.4 is 4.74 Å². The molecule has 1 aliphatic rings. The molecule has 120 valence electrons. The number of methoxy groups -OCH3 is 1. The number of rotatable bonds is 3. The Morgan fingerprint density at radius 1 is 1.17 bits per heavy atom. The number of isothiocyanates is 1. The number of phenols is 1. The molecule has 1 aliphatic carbocycles. The van der Waals surface area contributed by atoms with E-state index in [-0.39, 0.29) is 11.5 Å². The van der Waals surface area contributed by atoms with Crippen molar-refractivity contribution in [2.24, 2.45) is 4.99 Å². The molecule has 0 amide bonds. The molecule has 23 heavy (non-hydrogen) atoms. The summed E-state index contributed by atoms with van der Waals surface area (Å²) in [5.74, 6) is 0.0216. The highest BCUT2D eigenvalue weighted by atomic mass is 32.1. The summed E-state index contributed by atoms with van der Waals surface area (Å²) in [6.45, 7) is 0. The fraction of sp³-hybridized carbons (Fsp3) is 0.278. The predicted molar refractivity (Wildman–Crippen MR) is 92.7 cm³/mol. The van der Waals surface area contributed by atoms with Gasteiger partial charge >= 0.3 is 0 Å². The summed E-state index contributed by atoms with van der Waals surface area (Å²) >= 11 is 4.41. The molecule has 1 N–H and O–H groups in total. The van der Waals surface area contributed by atoms with Crippen LogP contribution in [0.1, 0.15) is 19.3 Å². The largest absolute Gasteiger partial charge is 0.508 e. The first kappa shape index (κ1) is 17.1. The van der Waals surface area contributed by atoms with Gasteiger partial charge in [-0.1, -0.05) is 18.2 Å². The predicted octanol–water partition coefficient (Wildman–Crippen LogP) is 4.85. The van der Waals surface area contributed by atoms with E-state index < -0.39 is 5.82 Å². The first-order chi connectivity index (χ1) is 11.1. The molecule has 5 heteroatoms. The topological polar surface area (TPSA) is 41.8 Å². The van der Waals surface area contributed by atoms with Crippen molar-refractivity contribution in [2.45, 2.75) is 25.3 Å². The Morgan fingerprint density at radius 2 is 1.83 bits per heavy atom. The van der Waals surface area contributed by atoms with Gasteiger partial charge in [-0.25, -0.2) is 9.38 Å². The Morgan fingerprint density at radius 3 is 2.26 bits per heavy atom. The van der Waals surface area contributed by atoms with Crippen LogP contribution in [0.3, 0.4) is 0 Å². The maximum absolute atomic E-state index is 13.4. The van der Waals surface area contributed by atoms with Gasteiger partial charge in [0.2, 0.25) is 0 Å². The molecule has 2 aromatic rings. The number of aromatic hydroxyl groups is 1. The molecule has 0 radical (unpaired) electrons. The standard InChI is InChI=1S/C13H11FO2.C5H7NS/c1-16-13-7-4-10(8-12(13)14)9-2-5-11(15)6-3-9;7-4-6-5-2-1-3-5/h2-8,15H,1H3;5H,1-3H2. The SMILES string of the molecule is COc1ccc(-c2ccc(O)cc2)cc1F.S=C=NC1CCC1. The van der Waals surface area contributed by atoms with E-state index >= 15 is 0 Å². The number of thiocarbonyl (C=S) groups is 1. The molecule has 0 heterocycles. The fourth-order valence-corrected chi connectivity index (χ4v) is 2.24. The van der Waals surface area contributed by atoms with Gasteiger partial charge in [0.25, 0.3) is 0 Å². The van der Waals surface area contributed by atoms with Gasteiger partial charge < -0.3 is 9.84 Å². The van der Waals surface area contributed by atoms with Crippen LogP contribution in [0, 0.1) is 5.82 Å². The zero-order valence-corrected chi connectivity index (χ0v) is 13.6. The number of benzene rings is 2. The molecule has 0 aliphatic heterocycles. The molecule has 3 rings (SSSR count). The fourth-order valence-electron chi connectivity index (χ4n) is 2.09. The normalized spacial score (nSPS) is 13.1. The lowest BCUT2D eigenvalue weighted by Crippen LogP contribution is -2.13. The summed E-state index contributed by atoms with van der Waals surface area (Å²) < 4.78 is 18.3. The maximum Gasteiger partial charge on any atom is 0.165 e. The van der Waals surface area contributed by atoms with Crippen LogP contribution in [0.5, 0.6) is 11.5 Å². The maximum atomic E-state index is 13.4. The highest BCUT2D eigenvalue weighted by Gasteiger charge is 2.14. The van der Waals surface area contributed by atoms with Gasteiger partial charge in [-0.2, -0.15) is 0 Å². The second-order valence-corrected chi connectivity index (χ2v) is 5.38. The van der Waals surface area contributed by atoms with Crippen LogP contribution in [0.15, 0.2) is 47.5 Å².